The van der Waals surface area contributed by atoms with Gasteiger partial charge < -0.3 is 10.6 Å². The quantitative estimate of drug-likeness (QED) is 0.819. The van der Waals surface area contributed by atoms with Gasteiger partial charge in [0.1, 0.15) is 11.9 Å². The van der Waals surface area contributed by atoms with Crippen LogP contribution in [0.3, 0.4) is 0 Å². The van der Waals surface area contributed by atoms with Crippen molar-refractivity contribution in [1.29, 1.82) is 0 Å². The second-order valence-corrected chi connectivity index (χ2v) is 6.42. The number of hydrogen-bond acceptors (Lipinski definition) is 2. The number of amides is 2. The average Bonchev–Trinajstić information content (AvgIpc) is 2.56. The molecule has 0 aliphatic carbocycles. The molecule has 2 aromatic rings. The zero-order valence-electron chi connectivity index (χ0n) is 13.4. The van der Waals surface area contributed by atoms with Gasteiger partial charge in [-0.05, 0) is 55.3 Å². The van der Waals surface area contributed by atoms with Crippen molar-refractivity contribution < 1.29 is 14.0 Å². The molecule has 0 bridgehead atoms. The SMILES string of the molecule is Cc1ccc(CNC(=O)[C@@H](C)NC(=O)c2ccc(Br)cc2)cc1F. The van der Waals surface area contributed by atoms with Gasteiger partial charge in [-0.25, -0.2) is 4.39 Å². The number of halogens is 2. The van der Waals surface area contributed by atoms with Crippen LogP contribution in [0.2, 0.25) is 0 Å². The molecule has 0 radical (unpaired) electrons. The van der Waals surface area contributed by atoms with Crippen molar-refractivity contribution in [2.75, 3.05) is 0 Å². The van der Waals surface area contributed by atoms with Crippen molar-refractivity contribution in [2.45, 2.75) is 26.4 Å². The van der Waals surface area contributed by atoms with E-state index in [1.807, 2.05) is 0 Å². The molecule has 0 saturated heterocycles. The molecule has 2 rings (SSSR count). The lowest BCUT2D eigenvalue weighted by molar-refractivity contribution is -0.122. The Bertz CT molecular complexity index is 747. The number of aryl methyl sites for hydroxylation is 1. The van der Waals surface area contributed by atoms with Crippen LogP contribution in [-0.4, -0.2) is 17.9 Å². The normalized spacial score (nSPS) is 11.7. The Labute approximate surface area is 148 Å². The molecule has 0 aromatic heterocycles. The molecule has 2 N–H and O–H groups in total. The van der Waals surface area contributed by atoms with Crippen LogP contribution in [0, 0.1) is 12.7 Å². The van der Waals surface area contributed by atoms with Gasteiger partial charge in [-0.1, -0.05) is 28.1 Å². The van der Waals surface area contributed by atoms with Crippen molar-refractivity contribution in [3.05, 3.63) is 69.4 Å². The molecule has 0 heterocycles. The Hall–Kier alpha value is -2.21. The van der Waals surface area contributed by atoms with E-state index >= 15 is 0 Å². The summed E-state index contributed by atoms with van der Waals surface area (Å²) in [5.74, 6) is -0.966. The second kappa shape index (κ2) is 8.06. The zero-order chi connectivity index (χ0) is 17.7. The van der Waals surface area contributed by atoms with E-state index in [0.29, 0.717) is 16.7 Å². The highest BCUT2D eigenvalue weighted by molar-refractivity contribution is 9.10. The standard InChI is InChI=1S/C18H18BrFN2O2/c1-11-3-4-13(9-16(11)20)10-21-17(23)12(2)22-18(24)14-5-7-15(19)8-6-14/h3-9,12H,10H2,1-2H3,(H,21,23)(H,22,24)/t12-/m1/s1. The van der Waals surface area contributed by atoms with E-state index < -0.39 is 6.04 Å². The third-order valence-electron chi connectivity index (χ3n) is 3.55. The molecule has 0 fully saturated rings. The van der Waals surface area contributed by atoms with Crippen LogP contribution in [0.15, 0.2) is 46.9 Å². The van der Waals surface area contributed by atoms with Crippen LogP contribution in [0.25, 0.3) is 0 Å². The fourth-order valence-corrected chi connectivity index (χ4v) is 2.30. The van der Waals surface area contributed by atoms with E-state index in [0.717, 1.165) is 4.47 Å². The van der Waals surface area contributed by atoms with Gasteiger partial charge in [-0.2, -0.15) is 0 Å². The molecule has 4 nitrogen and oxygen atoms in total. The Balaban J connectivity index is 1.88. The van der Waals surface area contributed by atoms with Crippen LogP contribution in [0.1, 0.15) is 28.4 Å². The molecule has 0 aliphatic heterocycles. The molecular weight excluding hydrogens is 375 g/mol. The van der Waals surface area contributed by atoms with Gasteiger partial charge in [0.2, 0.25) is 5.91 Å². The van der Waals surface area contributed by atoms with Gasteiger partial charge >= 0.3 is 0 Å². The summed E-state index contributed by atoms with van der Waals surface area (Å²) >= 11 is 3.30. The van der Waals surface area contributed by atoms with E-state index in [2.05, 4.69) is 26.6 Å². The summed E-state index contributed by atoms with van der Waals surface area (Å²) < 4.78 is 14.3. The summed E-state index contributed by atoms with van der Waals surface area (Å²) in [5, 5.41) is 5.32. The van der Waals surface area contributed by atoms with Gasteiger partial charge in [-0.3, -0.25) is 9.59 Å². The predicted octanol–water partition coefficient (Wildman–Crippen LogP) is 3.33. The lowest BCUT2D eigenvalue weighted by Crippen LogP contribution is -2.44. The maximum atomic E-state index is 13.5. The molecule has 0 aliphatic rings. The van der Waals surface area contributed by atoms with Crippen LogP contribution < -0.4 is 10.6 Å². The molecule has 2 amide bonds. The van der Waals surface area contributed by atoms with Crippen molar-refractivity contribution in [2.24, 2.45) is 0 Å². The van der Waals surface area contributed by atoms with Gasteiger partial charge in [-0.15, -0.1) is 0 Å². The number of rotatable bonds is 5. The minimum Gasteiger partial charge on any atom is -0.350 e. The predicted molar refractivity (Wildman–Crippen MR) is 94.1 cm³/mol. The van der Waals surface area contributed by atoms with Crippen molar-refractivity contribution in [1.82, 2.24) is 10.6 Å². The van der Waals surface area contributed by atoms with Crippen LogP contribution in [0.4, 0.5) is 4.39 Å². The number of nitrogens with one attached hydrogen (secondary N) is 2. The van der Waals surface area contributed by atoms with Crippen molar-refractivity contribution >= 4 is 27.7 Å². The maximum absolute atomic E-state index is 13.5. The summed E-state index contributed by atoms with van der Waals surface area (Å²) in [6.07, 6.45) is 0. The molecule has 0 saturated carbocycles. The molecule has 24 heavy (non-hydrogen) atoms. The van der Waals surface area contributed by atoms with Crippen LogP contribution >= 0.6 is 15.9 Å². The minimum absolute atomic E-state index is 0.203. The summed E-state index contributed by atoms with van der Waals surface area (Å²) in [7, 11) is 0. The van der Waals surface area contributed by atoms with Crippen molar-refractivity contribution in [3.8, 4) is 0 Å². The van der Waals surface area contributed by atoms with E-state index in [1.165, 1.54) is 6.07 Å². The lowest BCUT2D eigenvalue weighted by atomic mass is 10.1. The third-order valence-corrected chi connectivity index (χ3v) is 4.08. The average molecular weight is 393 g/mol. The number of carbonyl (C=O) groups is 2. The fourth-order valence-electron chi connectivity index (χ4n) is 2.04. The smallest absolute Gasteiger partial charge is 0.251 e. The minimum atomic E-state index is -0.698. The van der Waals surface area contributed by atoms with E-state index in [4.69, 9.17) is 0 Å². The Kier molecular flexibility index (Phi) is 6.09. The molecular formula is C18H18BrFN2O2. The fraction of sp³-hybridized carbons (Fsp3) is 0.222. The first-order chi connectivity index (χ1) is 11.4. The van der Waals surface area contributed by atoms with E-state index in [1.54, 1.807) is 50.2 Å². The Morgan fingerprint density at radius 1 is 1.17 bits per heavy atom. The Morgan fingerprint density at radius 3 is 2.46 bits per heavy atom. The molecule has 0 spiro atoms. The third kappa shape index (κ3) is 4.89. The maximum Gasteiger partial charge on any atom is 0.251 e. The highest BCUT2D eigenvalue weighted by Gasteiger charge is 2.16. The molecule has 6 heteroatoms. The largest absolute Gasteiger partial charge is 0.350 e. The number of hydrogen-bond donors (Lipinski definition) is 2. The highest BCUT2D eigenvalue weighted by atomic mass is 79.9. The topological polar surface area (TPSA) is 58.2 Å². The summed E-state index contributed by atoms with van der Waals surface area (Å²) in [6.45, 7) is 3.48. The highest BCUT2D eigenvalue weighted by Crippen LogP contribution is 2.11. The van der Waals surface area contributed by atoms with Gasteiger partial charge in [0, 0.05) is 16.6 Å². The summed E-state index contributed by atoms with van der Waals surface area (Å²) in [6, 6.07) is 11.0. The van der Waals surface area contributed by atoms with Gasteiger partial charge in [0.05, 0.1) is 0 Å². The van der Waals surface area contributed by atoms with Crippen molar-refractivity contribution in [3.63, 3.8) is 0 Å². The zero-order valence-corrected chi connectivity index (χ0v) is 15.0. The first-order valence-electron chi connectivity index (χ1n) is 7.46. The Morgan fingerprint density at radius 2 is 1.83 bits per heavy atom. The summed E-state index contributed by atoms with van der Waals surface area (Å²) in [4.78, 5) is 24.1. The van der Waals surface area contributed by atoms with Crippen LogP contribution in [0.5, 0.6) is 0 Å². The number of carbonyl (C=O) groups excluding carboxylic acids is 2. The molecule has 1 atom stereocenters. The molecule has 126 valence electrons. The van der Waals surface area contributed by atoms with E-state index in [-0.39, 0.29) is 24.2 Å². The monoisotopic (exact) mass is 392 g/mol. The first kappa shape index (κ1) is 18.1. The lowest BCUT2D eigenvalue weighted by Gasteiger charge is -2.14. The molecule has 2 aromatic carbocycles. The first-order valence-corrected chi connectivity index (χ1v) is 8.25. The van der Waals surface area contributed by atoms with Gasteiger partial charge in [0.25, 0.3) is 5.91 Å². The molecule has 0 unspecified atom stereocenters. The second-order valence-electron chi connectivity index (χ2n) is 5.50. The van der Waals surface area contributed by atoms with Crippen LogP contribution in [-0.2, 0) is 11.3 Å². The van der Waals surface area contributed by atoms with Gasteiger partial charge in [0.15, 0.2) is 0 Å². The number of benzene rings is 2. The summed E-state index contributed by atoms with van der Waals surface area (Å²) in [5.41, 5.74) is 1.69. The van der Waals surface area contributed by atoms with E-state index in [9.17, 15) is 14.0 Å².